The second kappa shape index (κ2) is 7.44. The minimum atomic E-state index is -0.320. The molecule has 0 amide bonds. The maximum absolute atomic E-state index is 10.4. The Morgan fingerprint density at radius 3 is 2.88 bits per heavy atom. The fourth-order valence-electron chi connectivity index (χ4n) is 3.34. The molecule has 4 rings (SSSR count). The predicted octanol–water partition coefficient (Wildman–Crippen LogP) is 2.78. The van der Waals surface area contributed by atoms with Gasteiger partial charge in [-0.15, -0.1) is 11.8 Å². The molecule has 1 aromatic carbocycles. The number of hydrogen-bond acceptors (Lipinski definition) is 6. The molecule has 1 fully saturated rings. The van der Waals surface area contributed by atoms with Crippen molar-refractivity contribution in [2.75, 3.05) is 24.6 Å². The minimum Gasteiger partial charge on any atom is -0.391 e. The number of nitrogens with two attached hydrogens (primary N) is 1. The van der Waals surface area contributed by atoms with Gasteiger partial charge in [-0.05, 0) is 24.3 Å². The average Bonchev–Trinajstić information content (AvgIpc) is 3.19. The first kappa shape index (κ1) is 17.6. The number of thioether (sulfide) groups is 1. The molecule has 0 unspecified atom stereocenters. The summed E-state index contributed by atoms with van der Waals surface area (Å²) < 4.78 is 0. The van der Waals surface area contributed by atoms with Gasteiger partial charge in [-0.3, -0.25) is 4.90 Å². The van der Waals surface area contributed by atoms with Crippen LogP contribution < -0.4 is 5.73 Å². The van der Waals surface area contributed by atoms with Gasteiger partial charge in [0.15, 0.2) is 5.82 Å². The SMILES string of the molecule is Nc1ncnc2c(CN3C[C@@H](CSc4ccc(Cl)cc4)[C@@H](O)C3)c[nH]c12. The van der Waals surface area contributed by atoms with E-state index in [1.54, 1.807) is 11.8 Å². The number of aromatic amines is 1. The first-order chi connectivity index (χ1) is 12.6. The number of nitrogens with one attached hydrogen (secondary N) is 1. The topological polar surface area (TPSA) is 91.1 Å². The van der Waals surface area contributed by atoms with Crippen molar-refractivity contribution < 1.29 is 5.11 Å². The lowest BCUT2D eigenvalue weighted by atomic mass is 10.1. The van der Waals surface area contributed by atoms with Crippen molar-refractivity contribution in [2.45, 2.75) is 17.5 Å². The van der Waals surface area contributed by atoms with E-state index in [4.69, 9.17) is 17.3 Å². The van der Waals surface area contributed by atoms with Gasteiger partial charge in [0.2, 0.25) is 0 Å². The quantitative estimate of drug-likeness (QED) is 0.581. The lowest BCUT2D eigenvalue weighted by molar-refractivity contribution is 0.149. The van der Waals surface area contributed by atoms with Crippen molar-refractivity contribution in [1.29, 1.82) is 0 Å². The molecule has 0 radical (unpaired) electrons. The summed E-state index contributed by atoms with van der Waals surface area (Å²) in [6.07, 6.45) is 3.09. The standard InChI is InChI=1S/C18H20ClN5OS/c19-13-1-3-14(4-2-13)26-9-12-7-24(8-15(12)25)6-11-5-21-17-16(11)22-10-23-18(17)20/h1-5,10,12,15,21,25H,6-9H2,(H2,20,22,23)/t12-,15-/m0/s1. The van der Waals surface area contributed by atoms with E-state index < -0.39 is 0 Å². The highest BCUT2D eigenvalue weighted by atomic mass is 35.5. The van der Waals surface area contributed by atoms with Gasteiger partial charge >= 0.3 is 0 Å². The van der Waals surface area contributed by atoms with E-state index >= 15 is 0 Å². The van der Waals surface area contributed by atoms with Crippen LogP contribution in [0.1, 0.15) is 5.56 Å². The monoisotopic (exact) mass is 389 g/mol. The summed E-state index contributed by atoms with van der Waals surface area (Å²) in [6.45, 7) is 2.25. The Balaban J connectivity index is 1.38. The summed E-state index contributed by atoms with van der Waals surface area (Å²) in [6, 6.07) is 7.82. The molecule has 0 saturated carbocycles. The van der Waals surface area contributed by atoms with Gasteiger partial charge in [-0.1, -0.05) is 11.6 Å². The summed E-state index contributed by atoms with van der Waals surface area (Å²) in [5, 5.41) is 11.2. The number of hydrogen-bond donors (Lipinski definition) is 3. The zero-order chi connectivity index (χ0) is 18.1. The van der Waals surface area contributed by atoms with Crippen LogP contribution in [0.15, 0.2) is 41.7 Å². The molecule has 2 atom stereocenters. The van der Waals surface area contributed by atoms with Crippen LogP contribution in [-0.2, 0) is 6.54 Å². The van der Waals surface area contributed by atoms with Crippen LogP contribution in [-0.4, -0.2) is 49.9 Å². The summed E-state index contributed by atoms with van der Waals surface area (Å²) in [4.78, 5) is 14.9. The number of aliphatic hydroxyl groups is 1. The minimum absolute atomic E-state index is 0.237. The molecule has 8 heteroatoms. The van der Waals surface area contributed by atoms with Gasteiger partial charge < -0.3 is 15.8 Å². The number of benzene rings is 1. The molecule has 4 N–H and O–H groups in total. The van der Waals surface area contributed by atoms with Crippen molar-refractivity contribution in [2.24, 2.45) is 5.92 Å². The molecule has 0 bridgehead atoms. The number of nitrogens with zero attached hydrogens (tertiary/aromatic N) is 3. The fourth-order valence-corrected chi connectivity index (χ4v) is 4.53. The Kier molecular flexibility index (Phi) is 5.04. The first-order valence-electron chi connectivity index (χ1n) is 8.45. The molecule has 0 aliphatic carbocycles. The Bertz CT molecular complexity index is 900. The number of fused-ring (bicyclic) bond motifs is 1. The number of aromatic nitrogens is 3. The van der Waals surface area contributed by atoms with Crippen LogP contribution in [0, 0.1) is 5.92 Å². The Labute approximate surface area is 160 Å². The highest BCUT2D eigenvalue weighted by Crippen LogP contribution is 2.29. The number of aliphatic hydroxyl groups excluding tert-OH is 1. The van der Waals surface area contributed by atoms with E-state index in [0.717, 1.165) is 40.5 Å². The van der Waals surface area contributed by atoms with Crippen molar-refractivity contribution in [3.8, 4) is 0 Å². The summed E-state index contributed by atoms with van der Waals surface area (Å²) in [7, 11) is 0. The Hall–Kier alpha value is -1.80. The molecule has 0 spiro atoms. The Morgan fingerprint density at radius 1 is 1.27 bits per heavy atom. The second-order valence-corrected chi connectivity index (χ2v) is 8.11. The lowest BCUT2D eigenvalue weighted by Gasteiger charge is -2.15. The van der Waals surface area contributed by atoms with Crippen molar-refractivity contribution in [1.82, 2.24) is 19.9 Å². The molecule has 2 aromatic heterocycles. The number of H-pyrrole nitrogens is 1. The van der Waals surface area contributed by atoms with E-state index in [1.165, 1.54) is 11.2 Å². The van der Waals surface area contributed by atoms with Gasteiger partial charge in [0.1, 0.15) is 11.8 Å². The smallest absolute Gasteiger partial charge is 0.151 e. The normalized spacial score (nSPS) is 20.8. The predicted molar refractivity (Wildman–Crippen MR) is 105 cm³/mol. The molecule has 3 aromatic rings. The van der Waals surface area contributed by atoms with E-state index in [2.05, 4.69) is 19.9 Å². The van der Waals surface area contributed by atoms with E-state index in [-0.39, 0.29) is 12.0 Å². The first-order valence-corrected chi connectivity index (χ1v) is 9.81. The number of halogens is 1. The largest absolute Gasteiger partial charge is 0.391 e. The Morgan fingerprint density at radius 2 is 2.08 bits per heavy atom. The van der Waals surface area contributed by atoms with E-state index in [0.29, 0.717) is 12.4 Å². The molecular weight excluding hydrogens is 370 g/mol. The van der Waals surface area contributed by atoms with Gasteiger partial charge in [0.25, 0.3) is 0 Å². The number of β-amino-alcohol motifs (C(OH)–C–C–N with tert-alkyl or cyclic N) is 1. The third-order valence-electron chi connectivity index (χ3n) is 4.73. The molecule has 6 nitrogen and oxygen atoms in total. The van der Waals surface area contributed by atoms with Crippen LogP contribution in [0.2, 0.25) is 5.02 Å². The third kappa shape index (κ3) is 3.66. The zero-order valence-electron chi connectivity index (χ0n) is 14.1. The summed E-state index contributed by atoms with van der Waals surface area (Å²) in [5.41, 5.74) is 8.58. The van der Waals surface area contributed by atoms with Gasteiger partial charge in [0.05, 0.1) is 11.6 Å². The maximum atomic E-state index is 10.4. The number of likely N-dealkylation sites (tertiary alicyclic amines) is 1. The number of anilines is 1. The van der Waals surface area contributed by atoms with Crippen LogP contribution >= 0.6 is 23.4 Å². The van der Waals surface area contributed by atoms with Crippen LogP contribution in [0.3, 0.4) is 0 Å². The van der Waals surface area contributed by atoms with Crippen molar-refractivity contribution in [3.05, 3.63) is 47.4 Å². The number of rotatable bonds is 5. The summed E-state index contributed by atoms with van der Waals surface area (Å²) in [5.74, 6) is 1.57. The number of nitrogen functional groups attached to an aromatic ring is 1. The molecule has 26 heavy (non-hydrogen) atoms. The van der Waals surface area contributed by atoms with Crippen LogP contribution in [0.4, 0.5) is 5.82 Å². The molecule has 3 heterocycles. The average molecular weight is 390 g/mol. The van der Waals surface area contributed by atoms with Crippen molar-refractivity contribution in [3.63, 3.8) is 0 Å². The fraction of sp³-hybridized carbons (Fsp3) is 0.333. The molecule has 136 valence electrons. The zero-order valence-corrected chi connectivity index (χ0v) is 15.7. The molecule has 1 saturated heterocycles. The van der Waals surface area contributed by atoms with E-state index in [9.17, 15) is 5.11 Å². The van der Waals surface area contributed by atoms with Gasteiger partial charge in [0, 0.05) is 53.0 Å². The van der Waals surface area contributed by atoms with Gasteiger partial charge in [-0.2, -0.15) is 0 Å². The summed E-state index contributed by atoms with van der Waals surface area (Å²) >= 11 is 7.68. The van der Waals surface area contributed by atoms with Crippen molar-refractivity contribution >= 4 is 40.2 Å². The third-order valence-corrected chi connectivity index (χ3v) is 6.18. The lowest BCUT2D eigenvalue weighted by Crippen LogP contribution is -2.21. The van der Waals surface area contributed by atoms with E-state index in [1.807, 2.05) is 30.5 Å². The van der Waals surface area contributed by atoms with Gasteiger partial charge in [-0.25, -0.2) is 9.97 Å². The highest BCUT2D eigenvalue weighted by molar-refractivity contribution is 7.99. The maximum Gasteiger partial charge on any atom is 0.151 e. The highest BCUT2D eigenvalue weighted by Gasteiger charge is 2.31. The molecular formula is C18H20ClN5OS. The second-order valence-electron chi connectivity index (χ2n) is 6.58. The molecule has 1 aliphatic rings. The molecule has 1 aliphatic heterocycles. The van der Waals surface area contributed by atoms with Crippen LogP contribution in [0.25, 0.3) is 11.0 Å². The van der Waals surface area contributed by atoms with Crippen LogP contribution in [0.5, 0.6) is 0 Å².